The van der Waals surface area contributed by atoms with Gasteiger partial charge in [-0.25, -0.2) is 4.39 Å². The average molecular weight is 397 g/mol. The predicted octanol–water partition coefficient (Wildman–Crippen LogP) is 3.66. The van der Waals surface area contributed by atoms with Gasteiger partial charge < -0.3 is 10.6 Å². The van der Waals surface area contributed by atoms with E-state index < -0.39 is 29.4 Å². The lowest BCUT2D eigenvalue weighted by molar-refractivity contribution is -0.137. The Morgan fingerprint density at radius 2 is 1.54 bits per heavy atom. The van der Waals surface area contributed by atoms with Gasteiger partial charge in [-0.1, -0.05) is 18.2 Å². The molecule has 0 aliphatic carbocycles. The molecule has 0 spiro atoms. The Hall–Kier alpha value is -2.94. The lowest BCUT2D eigenvalue weighted by Gasteiger charge is -2.18. The van der Waals surface area contributed by atoms with Crippen LogP contribution in [-0.2, 0) is 15.8 Å². The molecule has 2 amide bonds. The molecule has 0 aliphatic heterocycles. The van der Waals surface area contributed by atoms with Crippen molar-refractivity contribution in [2.24, 2.45) is 0 Å². The van der Waals surface area contributed by atoms with Gasteiger partial charge in [-0.3, -0.25) is 14.5 Å². The van der Waals surface area contributed by atoms with Gasteiger partial charge in [-0.05, 0) is 43.8 Å². The van der Waals surface area contributed by atoms with Crippen LogP contribution in [0.5, 0.6) is 0 Å². The number of carbonyl (C=O) groups excluding carboxylic acids is 2. The third-order valence-corrected chi connectivity index (χ3v) is 3.73. The summed E-state index contributed by atoms with van der Waals surface area (Å²) >= 11 is 0. The van der Waals surface area contributed by atoms with E-state index in [9.17, 15) is 27.2 Å². The maximum Gasteiger partial charge on any atom is 0.418 e. The average Bonchev–Trinajstić information content (AvgIpc) is 2.56. The summed E-state index contributed by atoms with van der Waals surface area (Å²) < 4.78 is 52.6. The van der Waals surface area contributed by atoms with Gasteiger partial charge in [-0.15, -0.1) is 0 Å². The molecule has 0 saturated carbocycles. The molecule has 0 aliphatic rings. The van der Waals surface area contributed by atoms with Crippen molar-refractivity contribution in [2.45, 2.75) is 13.1 Å². The molecular formula is C19H19F4N3O2. The van der Waals surface area contributed by atoms with Gasteiger partial charge in [0.1, 0.15) is 5.82 Å². The standard InChI is InChI=1S/C19H19F4N3O2/c1-12-7-8-16(14(20)9-12)25-18(28)11-26(2)10-17(27)24-15-6-4-3-5-13(15)19(21,22)23/h3-9H,10-11H2,1-2H3,(H,24,27)(H,25,28). The van der Waals surface area contributed by atoms with Crippen LogP contribution in [-0.4, -0.2) is 36.9 Å². The Balaban J connectivity index is 1.91. The summed E-state index contributed by atoms with van der Waals surface area (Å²) in [4.78, 5) is 25.3. The molecule has 0 bridgehead atoms. The number of nitrogens with zero attached hydrogens (tertiary/aromatic N) is 1. The first kappa shape index (κ1) is 21.4. The number of carbonyl (C=O) groups is 2. The topological polar surface area (TPSA) is 61.4 Å². The van der Waals surface area contributed by atoms with E-state index in [0.29, 0.717) is 5.56 Å². The number of rotatable bonds is 6. The molecule has 2 aromatic rings. The maximum atomic E-state index is 13.8. The zero-order valence-electron chi connectivity index (χ0n) is 15.2. The first-order valence-electron chi connectivity index (χ1n) is 8.27. The Labute approximate surface area is 159 Å². The molecule has 2 N–H and O–H groups in total. The number of amides is 2. The molecule has 9 heteroatoms. The van der Waals surface area contributed by atoms with Gasteiger partial charge in [0.15, 0.2) is 0 Å². The van der Waals surface area contributed by atoms with Crippen molar-refractivity contribution in [3.05, 3.63) is 59.4 Å². The molecule has 0 saturated heterocycles. The van der Waals surface area contributed by atoms with Gasteiger partial charge in [0, 0.05) is 0 Å². The monoisotopic (exact) mass is 397 g/mol. The lowest BCUT2D eigenvalue weighted by atomic mass is 10.1. The molecule has 0 atom stereocenters. The minimum absolute atomic E-state index is 0.00700. The highest BCUT2D eigenvalue weighted by molar-refractivity contribution is 5.95. The molecule has 2 rings (SSSR count). The minimum Gasteiger partial charge on any atom is -0.324 e. The van der Waals surface area contributed by atoms with Crippen LogP contribution in [0.15, 0.2) is 42.5 Å². The molecule has 0 aromatic heterocycles. The van der Waals surface area contributed by atoms with E-state index in [1.807, 2.05) is 0 Å². The number of anilines is 2. The van der Waals surface area contributed by atoms with E-state index in [-0.39, 0.29) is 24.5 Å². The summed E-state index contributed by atoms with van der Waals surface area (Å²) in [6, 6.07) is 8.93. The van der Waals surface area contributed by atoms with Gasteiger partial charge in [-0.2, -0.15) is 13.2 Å². The fraction of sp³-hybridized carbons (Fsp3) is 0.263. The van der Waals surface area contributed by atoms with E-state index in [1.165, 1.54) is 36.2 Å². The second kappa shape index (κ2) is 8.83. The van der Waals surface area contributed by atoms with Crippen LogP contribution >= 0.6 is 0 Å². The van der Waals surface area contributed by atoms with Gasteiger partial charge in [0.05, 0.1) is 30.0 Å². The van der Waals surface area contributed by atoms with E-state index in [4.69, 9.17) is 0 Å². The summed E-state index contributed by atoms with van der Waals surface area (Å²) in [5, 5.41) is 4.58. The molecular weight excluding hydrogens is 378 g/mol. The number of hydrogen-bond acceptors (Lipinski definition) is 3. The summed E-state index contributed by atoms with van der Waals surface area (Å²) in [5.41, 5.74) is -0.617. The minimum atomic E-state index is -4.60. The zero-order chi connectivity index (χ0) is 20.9. The van der Waals surface area contributed by atoms with Crippen molar-refractivity contribution in [1.82, 2.24) is 4.90 Å². The molecule has 2 aromatic carbocycles. The van der Waals surface area contributed by atoms with Crippen LogP contribution in [0.3, 0.4) is 0 Å². The summed E-state index contributed by atoms with van der Waals surface area (Å²) in [7, 11) is 1.44. The quantitative estimate of drug-likeness (QED) is 0.732. The van der Waals surface area contributed by atoms with Crippen LogP contribution in [0.25, 0.3) is 0 Å². The predicted molar refractivity (Wildman–Crippen MR) is 97.3 cm³/mol. The number of alkyl halides is 3. The third-order valence-electron chi connectivity index (χ3n) is 3.73. The van der Waals surface area contributed by atoms with Crippen LogP contribution in [0, 0.1) is 12.7 Å². The lowest BCUT2D eigenvalue weighted by Crippen LogP contribution is -2.36. The Bertz CT molecular complexity index is 868. The van der Waals surface area contributed by atoms with E-state index in [1.54, 1.807) is 13.0 Å². The van der Waals surface area contributed by atoms with E-state index in [0.717, 1.165) is 12.1 Å². The van der Waals surface area contributed by atoms with Crippen molar-refractivity contribution >= 4 is 23.2 Å². The second-order valence-corrected chi connectivity index (χ2v) is 6.30. The van der Waals surface area contributed by atoms with Gasteiger partial charge in [0.25, 0.3) is 0 Å². The zero-order valence-corrected chi connectivity index (χ0v) is 15.2. The summed E-state index contributed by atoms with van der Waals surface area (Å²) in [6.45, 7) is 1.13. The summed E-state index contributed by atoms with van der Waals surface area (Å²) in [5.74, 6) is -1.86. The first-order valence-corrected chi connectivity index (χ1v) is 8.27. The number of benzene rings is 2. The van der Waals surface area contributed by atoms with Gasteiger partial charge in [0.2, 0.25) is 11.8 Å². The molecule has 0 fully saturated rings. The number of aryl methyl sites for hydroxylation is 1. The normalized spacial score (nSPS) is 11.4. The SMILES string of the molecule is Cc1ccc(NC(=O)CN(C)CC(=O)Nc2ccccc2C(F)(F)F)c(F)c1. The number of hydrogen-bond donors (Lipinski definition) is 2. The van der Waals surface area contributed by atoms with Crippen LogP contribution < -0.4 is 10.6 Å². The molecule has 28 heavy (non-hydrogen) atoms. The smallest absolute Gasteiger partial charge is 0.324 e. The third kappa shape index (κ3) is 6.05. The highest BCUT2D eigenvalue weighted by Crippen LogP contribution is 2.34. The fourth-order valence-electron chi connectivity index (χ4n) is 2.49. The Morgan fingerprint density at radius 1 is 0.964 bits per heavy atom. The second-order valence-electron chi connectivity index (χ2n) is 6.30. The number of nitrogens with one attached hydrogen (secondary N) is 2. The van der Waals surface area contributed by atoms with Crippen LogP contribution in [0.1, 0.15) is 11.1 Å². The Morgan fingerprint density at radius 3 is 2.11 bits per heavy atom. The van der Waals surface area contributed by atoms with Crippen molar-refractivity contribution in [1.29, 1.82) is 0 Å². The van der Waals surface area contributed by atoms with Crippen LogP contribution in [0.4, 0.5) is 28.9 Å². The largest absolute Gasteiger partial charge is 0.418 e. The van der Waals surface area contributed by atoms with Gasteiger partial charge >= 0.3 is 6.18 Å². The molecule has 0 radical (unpaired) electrons. The number of likely N-dealkylation sites (N-methyl/N-ethyl adjacent to an activating group) is 1. The molecule has 0 unspecified atom stereocenters. The number of halogens is 4. The molecule has 5 nitrogen and oxygen atoms in total. The summed E-state index contributed by atoms with van der Waals surface area (Å²) in [6.07, 6.45) is -4.60. The van der Waals surface area contributed by atoms with Crippen molar-refractivity contribution < 1.29 is 27.2 Å². The molecule has 150 valence electrons. The van der Waals surface area contributed by atoms with Crippen molar-refractivity contribution in [3.63, 3.8) is 0 Å². The maximum absolute atomic E-state index is 13.8. The molecule has 0 heterocycles. The van der Waals surface area contributed by atoms with E-state index >= 15 is 0 Å². The number of para-hydroxylation sites is 1. The van der Waals surface area contributed by atoms with Crippen LogP contribution in [0.2, 0.25) is 0 Å². The highest BCUT2D eigenvalue weighted by Gasteiger charge is 2.33. The fourth-order valence-corrected chi connectivity index (χ4v) is 2.49. The van der Waals surface area contributed by atoms with Crippen molar-refractivity contribution in [3.8, 4) is 0 Å². The first-order chi connectivity index (χ1) is 13.1. The van der Waals surface area contributed by atoms with E-state index in [2.05, 4.69) is 10.6 Å². The van der Waals surface area contributed by atoms with Crippen molar-refractivity contribution in [2.75, 3.05) is 30.8 Å². The highest BCUT2D eigenvalue weighted by atomic mass is 19.4. The Kier molecular flexibility index (Phi) is 6.74.